The van der Waals surface area contributed by atoms with E-state index in [1.54, 1.807) is 37.4 Å². The summed E-state index contributed by atoms with van der Waals surface area (Å²) in [5, 5.41) is 5.83. The molecule has 1 spiro atoms. The number of nitrogens with two attached hydrogens (primary N) is 1. The smallest absolute Gasteiger partial charge is 0.408 e. The van der Waals surface area contributed by atoms with Crippen molar-refractivity contribution in [3.63, 3.8) is 0 Å². The Hall–Kier alpha value is -1.52. The van der Waals surface area contributed by atoms with Gasteiger partial charge in [-0.25, -0.2) is 4.79 Å². The number of carbonyl (C=O) groups is 3. The van der Waals surface area contributed by atoms with Gasteiger partial charge in [0.25, 0.3) is 0 Å². The maximum Gasteiger partial charge on any atom is 0.408 e. The van der Waals surface area contributed by atoms with Crippen LogP contribution >= 0.6 is 11.8 Å². The molecule has 10 heteroatoms. The van der Waals surface area contributed by atoms with Gasteiger partial charge in [0.15, 0.2) is 0 Å². The third kappa shape index (κ3) is 6.25. The van der Waals surface area contributed by atoms with E-state index in [9.17, 15) is 14.4 Å². The minimum Gasteiger partial charge on any atom is -0.444 e. The van der Waals surface area contributed by atoms with Crippen molar-refractivity contribution in [1.82, 2.24) is 15.5 Å². The van der Waals surface area contributed by atoms with E-state index in [1.165, 1.54) is 0 Å². The third-order valence-corrected chi connectivity index (χ3v) is 5.61. The predicted octanol–water partition coefficient (Wildman–Crippen LogP) is 0.424. The molecule has 2 fully saturated rings. The van der Waals surface area contributed by atoms with Crippen molar-refractivity contribution in [2.75, 3.05) is 25.4 Å². The fourth-order valence-corrected chi connectivity index (χ4v) is 4.34. The lowest BCUT2D eigenvalue weighted by Crippen LogP contribution is -2.70. The standard InChI is InChI=1S/C18H32N4O5S/c1-16(2,3)26-7-11(20-15(25)27-17(4,5)6)14(24)22-9-18(10-22)21-12(8-28-18)13(19)23/h11-12,21H,7-10H2,1-6H3,(H2,19,23)(H,20,25)/t11-,12-/m0/s1. The van der Waals surface area contributed by atoms with Gasteiger partial charge >= 0.3 is 6.09 Å². The molecule has 4 N–H and O–H groups in total. The van der Waals surface area contributed by atoms with Crippen LogP contribution in [0.4, 0.5) is 4.79 Å². The Morgan fingerprint density at radius 1 is 1.21 bits per heavy atom. The second-order valence-corrected chi connectivity index (χ2v) is 10.6. The molecule has 3 amide bonds. The highest BCUT2D eigenvalue weighted by Gasteiger charge is 2.52. The first-order valence-electron chi connectivity index (χ1n) is 9.33. The van der Waals surface area contributed by atoms with Gasteiger partial charge in [-0.1, -0.05) is 0 Å². The number of thioether (sulfide) groups is 1. The maximum atomic E-state index is 12.9. The van der Waals surface area contributed by atoms with E-state index in [1.807, 2.05) is 20.8 Å². The van der Waals surface area contributed by atoms with Gasteiger partial charge < -0.3 is 25.4 Å². The molecule has 2 aliphatic heterocycles. The highest BCUT2D eigenvalue weighted by molar-refractivity contribution is 8.01. The molecule has 0 unspecified atom stereocenters. The fraction of sp³-hybridized carbons (Fsp3) is 0.833. The van der Waals surface area contributed by atoms with Gasteiger partial charge in [0.2, 0.25) is 11.8 Å². The summed E-state index contributed by atoms with van der Waals surface area (Å²) in [4.78, 5) is 37.8. The zero-order valence-electron chi connectivity index (χ0n) is 17.5. The summed E-state index contributed by atoms with van der Waals surface area (Å²) < 4.78 is 11.0. The number of primary amides is 1. The summed E-state index contributed by atoms with van der Waals surface area (Å²) in [6.07, 6.45) is -0.666. The summed E-state index contributed by atoms with van der Waals surface area (Å²) in [6.45, 7) is 11.8. The zero-order chi connectivity index (χ0) is 21.3. The Balaban J connectivity index is 1.97. The number of hydrogen-bond acceptors (Lipinski definition) is 7. The minimum atomic E-state index is -0.857. The molecule has 0 aliphatic carbocycles. The van der Waals surface area contributed by atoms with Crippen molar-refractivity contribution in [2.24, 2.45) is 5.73 Å². The second kappa shape index (κ2) is 8.08. The van der Waals surface area contributed by atoms with E-state index in [2.05, 4.69) is 10.6 Å². The number of nitrogens with one attached hydrogen (secondary N) is 2. The van der Waals surface area contributed by atoms with E-state index in [0.29, 0.717) is 18.8 Å². The molecule has 0 saturated carbocycles. The lowest BCUT2D eigenvalue weighted by molar-refractivity contribution is -0.142. The molecule has 0 aromatic heterocycles. The number of ether oxygens (including phenoxy) is 2. The predicted molar refractivity (Wildman–Crippen MR) is 107 cm³/mol. The van der Waals surface area contributed by atoms with E-state index in [-0.39, 0.29) is 23.4 Å². The summed E-state index contributed by atoms with van der Waals surface area (Å²) in [7, 11) is 0. The Bertz CT molecular complexity index is 622. The fourth-order valence-electron chi connectivity index (χ4n) is 2.88. The molecule has 0 radical (unpaired) electrons. The average molecular weight is 417 g/mol. The number of rotatable bonds is 5. The van der Waals surface area contributed by atoms with Gasteiger partial charge in [0.05, 0.1) is 31.3 Å². The number of hydrogen-bond donors (Lipinski definition) is 3. The van der Waals surface area contributed by atoms with Crippen LogP contribution in [0.2, 0.25) is 0 Å². The molecule has 0 aromatic carbocycles. The van der Waals surface area contributed by atoms with Gasteiger partial charge in [-0.2, -0.15) is 0 Å². The van der Waals surface area contributed by atoms with Crippen LogP contribution in [0.1, 0.15) is 41.5 Å². The molecule has 2 saturated heterocycles. The molecule has 160 valence electrons. The first-order valence-corrected chi connectivity index (χ1v) is 10.3. The normalized spacial score (nSPS) is 22.5. The summed E-state index contributed by atoms with van der Waals surface area (Å²) in [5.74, 6) is -0.0489. The second-order valence-electron chi connectivity index (χ2n) is 9.22. The minimum absolute atomic E-state index is 0.0373. The number of likely N-dealkylation sites (tertiary alicyclic amines) is 1. The van der Waals surface area contributed by atoms with Crippen molar-refractivity contribution >= 4 is 29.7 Å². The molecule has 0 bridgehead atoms. The van der Waals surface area contributed by atoms with Crippen LogP contribution in [0.3, 0.4) is 0 Å². The van der Waals surface area contributed by atoms with E-state index in [4.69, 9.17) is 15.2 Å². The van der Waals surface area contributed by atoms with Crippen molar-refractivity contribution in [2.45, 2.75) is 69.7 Å². The SMILES string of the molecule is CC(C)(C)OC[C@H](NC(=O)OC(C)(C)C)C(=O)N1CC2(C1)N[C@H](C(N)=O)CS2. The number of nitrogens with zero attached hydrogens (tertiary/aromatic N) is 1. The molecule has 0 aromatic rings. The topological polar surface area (TPSA) is 123 Å². The molecule has 2 rings (SSSR count). The van der Waals surface area contributed by atoms with Crippen LogP contribution in [-0.2, 0) is 19.1 Å². The number of alkyl carbamates (subject to hydrolysis) is 1. The molecular formula is C18H32N4O5S. The molecule has 2 atom stereocenters. The molecular weight excluding hydrogens is 384 g/mol. The van der Waals surface area contributed by atoms with E-state index in [0.717, 1.165) is 0 Å². The van der Waals surface area contributed by atoms with Crippen LogP contribution in [0.5, 0.6) is 0 Å². The van der Waals surface area contributed by atoms with Crippen LogP contribution in [0, 0.1) is 0 Å². The van der Waals surface area contributed by atoms with Crippen LogP contribution in [0.25, 0.3) is 0 Å². The third-order valence-electron chi connectivity index (χ3n) is 4.18. The average Bonchev–Trinajstić information content (AvgIpc) is 2.92. The van der Waals surface area contributed by atoms with E-state index < -0.39 is 29.2 Å². The molecule has 28 heavy (non-hydrogen) atoms. The maximum absolute atomic E-state index is 12.9. The van der Waals surface area contributed by atoms with Crippen molar-refractivity contribution in [3.05, 3.63) is 0 Å². The van der Waals surface area contributed by atoms with Gasteiger partial charge in [-0.15, -0.1) is 11.8 Å². The van der Waals surface area contributed by atoms with Crippen LogP contribution in [-0.4, -0.2) is 76.4 Å². The largest absolute Gasteiger partial charge is 0.444 e. The lowest BCUT2D eigenvalue weighted by atomic mass is 10.0. The summed E-state index contributed by atoms with van der Waals surface area (Å²) >= 11 is 1.59. The van der Waals surface area contributed by atoms with Crippen molar-refractivity contribution in [3.8, 4) is 0 Å². The number of amides is 3. The van der Waals surface area contributed by atoms with Crippen LogP contribution < -0.4 is 16.4 Å². The van der Waals surface area contributed by atoms with E-state index >= 15 is 0 Å². The molecule has 2 aliphatic rings. The Morgan fingerprint density at radius 3 is 2.29 bits per heavy atom. The first kappa shape index (κ1) is 22.8. The lowest BCUT2D eigenvalue weighted by Gasteiger charge is -2.48. The monoisotopic (exact) mass is 416 g/mol. The first-order chi connectivity index (χ1) is 12.7. The Morgan fingerprint density at radius 2 is 1.82 bits per heavy atom. The molecule has 9 nitrogen and oxygen atoms in total. The van der Waals surface area contributed by atoms with Crippen LogP contribution in [0.15, 0.2) is 0 Å². The Kier molecular flexibility index (Phi) is 6.57. The van der Waals surface area contributed by atoms with Gasteiger partial charge in [-0.05, 0) is 41.5 Å². The summed E-state index contributed by atoms with van der Waals surface area (Å²) in [6, 6.07) is -1.24. The number of carbonyl (C=O) groups excluding carboxylic acids is 3. The zero-order valence-corrected chi connectivity index (χ0v) is 18.3. The highest BCUT2D eigenvalue weighted by atomic mass is 32.2. The summed E-state index contributed by atoms with van der Waals surface area (Å²) in [5.41, 5.74) is 4.23. The molecule has 2 heterocycles. The van der Waals surface area contributed by atoms with Gasteiger partial charge in [-0.3, -0.25) is 14.9 Å². The van der Waals surface area contributed by atoms with Gasteiger partial charge in [0.1, 0.15) is 16.5 Å². The van der Waals surface area contributed by atoms with Gasteiger partial charge in [0, 0.05) is 5.75 Å². The quantitative estimate of drug-likeness (QED) is 0.594. The van der Waals surface area contributed by atoms with Crippen molar-refractivity contribution in [1.29, 1.82) is 0 Å². The van der Waals surface area contributed by atoms with Crippen molar-refractivity contribution < 1.29 is 23.9 Å². The highest BCUT2D eigenvalue weighted by Crippen LogP contribution is 2.38. The Labute approximate surface area is 170 Å².